The molecule has 0 aliphatic carbocycles. The van der Waals surface area contributed by atoms with Crippen molar-refractivity contribution in [2.24, 2.45) is 0 Å². The van der Waals surface area contributed by atoms with Gasteiger partial charge >= 0.3 is 0 Å². The van der Waals surface area contributed by atoms with Crippen LogP contribution in [0.1, 0.15) is 0 Å². The smallest absolute Gasteiger partial charge is 0.127 e. The second kappa shape index (κ2) is 9.90. The van der Waals surface area contributed by atoms with E-state index in [1.165, 1.54) is 21.2 Å². The van der Waals surface area contributed by atoms with E-state index in [1.54, 1.807) is 14.2 Å². The van der Waals surface area contributed by atoms with Crippen LogP contribution in [0.5, 0.6) is 11.5 Å². The molecule has 2 atom stereocenters. The van der Waals surface area contributed by atoms with Crippen LogP contribution in [0.15, 0.2) is 97.1 Å². The van der Waals surface area contributed by atoms with Gasteiger partial charge in [0.25, 0.3) is 0 Å². The summed E-state index contributed by atoms with van der Waals surface area (Å²) < 4.78 is 11.7. The largest absolute Gasteiger partial charge is 0.496 e. The first-order chi connectivity index (χ1) is 14.8. The Bertz CT molecular complexity index is 1020. The molecule has 0 amide bonds. The predicted octanol–water partition coefficient (Wildman–Crippen LogP) is 4.63. The van der Waals surface area contributed by atoms with Crippen LogP contribution in [0.25, 0.3) is 11.1 Å². The lowest BCUT2D eigenvalue weighted by Crippen LogP contribution is -2.14. The Kier molecular flexibility index (Phi) is 6.80. The Balaban J connectivity index is 1.89. The molecular formula is C26H24O2P2. The van der Waals surface area contributed by atoms with Crippen LogP contribution in [-0.4, -0.2) is 14.2 Å². The van der Waals surface area contributed by atoms with Crippen LogP contribution >= 0.6 is 17.2 Å². The van der Waals surface area contributed by atoms with Crippen molar-refractivity contribution in [3.63, 3.8) is 0 Å². The second-order valence-electron chi connectivity index (χ2n) is 6.75. The fourth-order valence-electron chi connectivity index (χ4n) is 3.48. The SMILES string of the molecule is COc1cccc(Pc2ccccc2)c1-c1c(OC)cccc1Pc1ccccc1. The summed E-state index contributed by atoms with van der Waals surface area (Å²) in [5.41, 5.74) is 2.25. The van der Waals surface area contributed by atoms with Crippen molar-refractivity contribution in [1.82, 2.24) is 0 Å². The van der Waals surface area contributed by atoms with Gasteiger partial charge in [0.1, 0.15) is 11.5 Å². The maximum Gasteiger partial charge on any atom is 0.127 e. The van der Waals surface area contributed by atoms with Gasteiger partial charge in [-0.05, 0) is 33.4 Å². The van der Waals surface area contributed by atoms with E-state index in [2.05, 4.69) is 84.9 Å². The summed E-state index contributed by atoms with van der Waals surface area (Å²) in [6.45, 7) is 0. The first-order valence-electron chi connectivity index (χ1n) is 9.78. The summed E-state index contributed by atoms with van der Waals surface area (Å²) in [6, 6.07) is 33.8. The van der Waals surface area contributed by atoms with E-state index in [0.29, 0.717) is 17.2 Å². The van der Waals surface area contributed by atoms with E-state index in [-0.39, 0.29) is 0 Å². The number of benzene rings is 4. The zero-order valence-electron chi connectivity index (χ0n) is 17.1. The Morgan fingerprint density at radius 2 is 0.867 bits per heavy atom. The van der Waals surface area contributed by atoms with Crippen molar-refractivity contribution in [3.8, 4) is 22.6 Å². The van der Waals surface area contributed by atoms with Gasteiger partial charge in [0.15, 0.2) is 0 Å². The number of hydrogen-bond acceptors (Lipinski definition) is 2. The molecule has 0 saturated heterocycles. The Labute approximate surface area is 181 Å². The molecule has 0 spiro atoms. The first-order valence-corrected chi connectivity index (χ1v) is 11.8. The molecule has 2 unspecified atom stereocenters. The van der Waals surface area contributed by atoms with Crippen molar-refractivity contribution in [2.75, 3.05) is 14.2 Å². The minimum atomic E-state index is 0.530. The van der Waals surface area contributed by atoms with E-state index in [0.717, 1.165) is 22.6 Å². The van der Waals surface area contributed by atoms with Gasteiger partial charge in [-0.25, -0.2) is 0 Å². The summed E-state index contributed by atoms with van der Waals surface area (Å²) >= 11 is 0. The highest BCUT2D eigenvalue weighted by Gasteiger charge is 2.20. The summed E-state index contributed by atoms with van der Waals surface area (Å²) in [5, 5.41) is 5.11. The third-order valence-electron chi connectivity index (χ3n) is 4.85. The molecule has 0 aliphatic rings. The summed E-state index contributed by atoms with van der Waals surface area (Å²) in [4.78, 5) is 0. The van der Waals surface area contributed by atoms with Crippen LogP contribution in [0, 0.1) is 0 Å². The molecule has 4 heteroatoms. The van der Waals surface area contributed by atoms with E-state index in [1.807, 2.05) is 12.1 Å². The molecule has 0 fully saturated rings. The summed E-state index contributed by atoms with van der Waals surface area (Å²) in [7, 11) is 4.54. The lowest BCUT2D eigenvalue weighted by molar-refractivity contribution is 0.411. The molecule has 4 aromatic rings. The van der Waals surface area contributed by atoms with Gasteiger partial charge in [-0.2, -0.15) is 0 Å². The zero-order valence-corrected chi connectivity index (χ0v) is 19.1. The van der Waals surface area contributed by atoms with Gasteiger partial charge in [-0.3, -0.25) is 0 Å². The summed E-state index contributed by atoms with van der Waals surface area (Å²) in [5.74, 6) is 1.75. The summed E-state index contributed by atoms with van der Waals surface area (Å²) in [6.07, 6.45) is 0. The van der Waals surface area contributed by atoms with Crippen LogP contribution in [0.3, 0.4) is 0 Å². The fraction of sp³-hybridized carbons (Fsp3) is 0.0769. The number of methoxy groups -OCH3 is 2. The van der Waals surface area contributed by atoms with E-state index in [9.17, 15) is 0 Å². The monoisotopic (exact) mass is 430 g/mol. The topological polar surface area (TPSA) is 18.5 Å². The molecule has 4 aromatic carbocycles. The highest BCUT2D eigenvalue weighted by Crippen LogP contribution is 2.38. The van der Waals surface area contributed by atoms with Crippen LogP contribution in [0.2, 0.25) is 0 Å². The van der Waals surface area contributed by atoms with Crippen molar-refractivity contribution >= 4 is 38.4 Å². The van der Waals surface area contributed by atoms with Gasteiger partial charge in [0.05, 0.1) is 14.2 Å². The molecule has 150 valence electrons. The quantitative estimate of drug-likeness (QED) is 0.398. The third-order valence-corrected chi connectivity index (χ3v) is 7.46. The van der Waals surface area contributed by atoms with Crippen molar-refractivity contribution in [2.45, 2.75) is 0 Å². The minimum absolute atomic E-state index is 0.530. The molecule has 0 N–H and O–H groups in total. The van der Waals surface area contributed by atoms with Crippen LogP contribution < -0.4 is 30.7 Å². The fourth-order valence-corrected chi connectivity index (χ4v) is 5.93. The normalized spacial score (nSPS) is 11.4. The molecule has 30 heavy (non-hydrogen) atoms. The Morgan fingerprint density at radius 3 is 1.23 bits per heavy atom. The molecule has 0 aliphatic heterocycles. The van der Waals surface area contributed by atoms with E-state index < -0.39 is 0 Å². The lowest BCUT2D eigenvalue weighted by Gasteiger charge is -2.20. The van der Waals surface area contributed by atoms with Gasteiger partial charge < -0.3 is 9.47 Å². The van der Waals surface area contributed by atoms with Crippen LogP contribution in [-0.2, 0) is 0 Å². The average molecular weight is 430 g/mol. The van der Waals surface area contributed by atoms with Crippen molar-refractivity contribution < 1.29 is 9.47 Å². The van der Waals surface area contributed by atoms with Crippen molar-refractivity contribution in [3.05, 3.63) is 97.1 Å². The second-order valence-corrected chi connectivity index (χ2v) is 9.48. The number of ether oxygens (including phenoxy) is 2. The first kappa shape index (κ1) is 20.6. The van der Waals surface area contributed by atoms with Gasteiger partial charge in [-0.1, -0.05) is 102 Å². The van der Waals surface area contributed by atoms with Gasteiger partial charge in [0.2, 0.25) is 0 Å². The van der Waals surface area contributed by atoms with E-state index in [4.69, 9.17) is 9.47 Å². The molecular weight excluding hydrogens is 406 g/mol. The highest BCUT2D eigenvalue weighted by molar-refractivity contribution is 7.56. The molecule has 2 nitrogen and oxygen atoms in total. The molecule has 0 bridgehead atoms. The molecule has 0 radical (unpaired) electrons. The molecule has 4 rings (SSSR count). The lowest BCUT2D eigenvalue weighted by atomic mass is 10.0. The predicted molar refractivity (Wildman–Crippen MR) is 133 cm³/mol. The number of rotatable bonds is 7. The minimum Gasteiger partial charge on any atom is -0.496 e. The van der Waals surface area contributed by atoms with Gasteiger partial charge in [-0.15, -0.1) is 0 Å². The molecule has 0 aromatic heterocycles. The van der Waals surface area contributed by atoms with Crippen LogP contribution in [0.4, 0.5) is 0 Å². The molecule has 0 saturated carbocycles. The molecule has 0 heterocycles. The third kappa shape index (κ3) is 4.57. The standard InChI is InChI=1S/C26H24O2P2/c1-27-21-15-9-17-23(29-19-11-5-3-6-12-19)25(21)26-22(28-2)16-10-18-24(26)30-20-13-7-4-8-14-20/h3-18,29-30H,1-2H3. The maximum atomic E-state index is 5.83. The maximum absolute atomic E-state index is 5.83. The van der Waals surface area contributed by atoms with Crippen molar-refractivity contribution in [1.29, 1.82) is 0 Å². The Hall–Kier alpha value is -2.66. The Morgan fingerprint density at radius 1 is 0.467 bits per heavy atom. The van der Waals surface area contributed by atoms with Gasteiger partial charge in [0, 0.05) is 11.1 Å². The highest BCUT2D eigenvalue weighted by atomic mass is 31.1. The van der Waals surface area contributed by atoms with E-state index >= 15 is 0 Å². The average Bonchev–Trinajstić information content (AvgIpc) is 2.80. The number of hydrogen-bond donors (Lipinski definition) is 0. The zero-order chi connectivity index (χ0) is 20.8.